The van der Waals surface area contributed by atoms with Gasteiger partial charge in [-0.15, -0.1) is 0 Å². The van der Waals surface area contributed by atoms with Gasteiger partial charge in [0.1, 0.15) is 0 Å². The Morgan fingerprint density at radius 1 is 1.05 bits per heavy atom. The van der Waals surface area contributed by atoms with E-state index >= 15 is 0 Å². The number of nitrogens with zero attached hydrogens (tertiary/aromatic N) is 1. The fraction of sp³-hybridized carbons (Fsp3) is 0.941. The number of hydrogen-bond donors (Lipinski definition) is 1. The summed E-state index contributed by atoms with van der Waals surface area (Å²) in [4.78, 5) is 15.2. The van der Waals surface area contributed by atoms with Crippen LogP contribution in [0.5, 0.6) is 0 Å². The van der Waals surface area contributed by atoms with Gasteiger partial charge in [0.15, 0.2) is 0 Å². The van der Waals surface area contributed by atoms with Crippen LogP contribution >= 0.6 is 0 Å². The molecule has 0 atom stereocenters. The molecule has 5 rings (SSSR count). The summed E-state index contributed by atoms with van der Waals surface area (Å²) in [7, 11) is 0. The van der Waals surface area contributed by atoms with Crippen molar-refractivity contribution >= 4 is 5.91 Å². The molecule has 0 radical (unpaired) electrons. The van der Waals surface area contributed by atoms with Crippen molar-refractivity contribution in [1.29, 1.82) is 0 Å². The largest absolute Gasteiger partial charge is 0.339 e. The zero-order valence-corrected chi connectivity index (χ0v) is 12.9. The van der Waals surface area contributed by atoms with Crippen LogP contribution in [0, 0.1) is 29.6 Å². The molecule has 0 aromatic rings. The van der Waals surface area contributed by atoms with Gasteiger partial charge in [0, 0.05) is 31.1 Å². The summed E-state index contributed by atoms with van der Waals surface area (Å²) in [5.41, 5.74) is 0.0832. The maximum atomic E-state index is 13.1. The molecule has 1 N–H and O–H groups in total. The molecule has 0 aromatic heterocycles. The van der Waals surface area contributed by atoms with Crippen molar-refractivity contribution in [2.75, 3.05) is 19.6 Å². The van der Waals surface area contributed by atoms with E-state index in [9.17, 15) is 4.79 Å². The molecule has 20 heavy (non-hydrogen) atoms. The lowest BCUT2D eigenvalue weighted by atomic mass is 9.51. The van der Waals surface area contributed by atoms with E-state index in [1.165, 1.54) is 32.1 Å². The zero-order valence-electron chi connectivity index (χ0n) is 12.9. The first-order valence-corrected chi connectivity index (χ1v) is 8.56. The second kappa shape index (κ2) is 4.46. The summed E-state index contributed by atoms with van der Waals surface area (Å²) >= 11 is 0. The molecule has 4 aliphatic carbocycles. The van der Waals surface area contributed by atoms with Crippen LogP contribution in [0.1, 0.15) is 46.0 Å². The van der Waals surface area contributed by atoms with E-state index in [-0.39, 0.29) is 5.54 Å². The molecule has 4 saturated carbocycles. The van der Waals surface area contributed by atoms with Crippen molar-refractivity contribution in [1.82, 2.24) is 10.2 Å². The lowest BCUT2D eigenvalue weighted by Crippen LogP contribution is -2.61. The third kappa shape index (κ3) is 2.09. The van der Waals surface area contributed by atoms with Gasteiger partial charge in [0.25, 0.3) is 0 Å². The van der Waals surface area contributed by atoms with Gasteiger partial charge in [0.05, 0.1) is 0 Å². The van der Waals surface area contributed by atoms with E-state index in [1.807, 2.05) is 0 Å². The molecule has 1 aliphatic heterocycles. The van der Waals surface area contributed by atoms with Crippen LogP contribution in [0.4, 0.5) is 0 Å². The average molecular weight is 276 g/mol. The summed E-state index contributed by atoms with van der Waals surface area (Å²) in [6.45, 7) is 7.17. The second-order valence-electron chi connectivity index (χ2n) is 8.53. The Bertz CT molecular complexity index is 389. The number of nitrogens with one attached hydrogen (secondary N) is 1. The van der Waals surface area contributed by atoms with E-state index in [4.69, 9.17) is 0 Å². The highest BCUT2D eigenvalue weighted by molar-refractivity contribution is 5.80. The molecule has 0 unspecified atom stereocenters. The molecule has 3 heteroatoms. The lowest BCUT2D eigenvalue weighted by Gasteiger charge is -2.55. The van der Waals surface area contributed by atoms with E-state index in [0.717, 1.165) is 43.3 Å². The van der Waals surface area contributed by atoms with Crippen LogP contribution in [0.2, 0.25) is 0 Å². The Labute approximate surface area is 122 Å². The Morgan fingerprint density at radius 2 is 1.65 bits per heavy atom. The number of carbonyl (C=O) groups excluding carboxylic acids is 1. The standard InChI is InChI=1S/C17H28N2O/c1-17(2)10-19(4-3-18-17)16(20)15-13-6-11-5-12(8-13)9-14(15)7-11/h11-15,18H,3-10H2,1-2H3. The number of hydrogen-bond acceptors (Lipinski definition) is 2. The van der Waals surface area contributed by atoms with Crippen LogP contribution in [0.15, 0.2) is 0 Å². The van der Waals surface area contributed by atoms with Crippen LogP contribution in [0.3, 0.4) is 0 Å². The van der Waals surface area contributed by atoms with Crippen molar-refractivity contribution in [3.63, 3.8) is 0 Å². The maximum Gasteiger partial charge on any atom is 0.226 e. The van der Waals surface area contributed by atoms with Crippen LogP contribution in [-0.4, -0.2) is 36.0 Å². The first kappa shape index (κ1) is 13.1. The van der Waals surface area contributed by atoms with Crippen molar-refractivity contribution in [3.8, 4) is 0 Å². The van der Waals surface area contributed by atoms with Gasteiger partial charge < -0.3 is 10.2 Å². The minimum Gasteiger partial charge on any atom is -0.339 e. The topological polar surface area (TPSA) is 32.3 Å². The molecule has 4 bridgehead atoms. The minimum absolute atomic E-state index is 0.0832. The summed E-state index contributed by atoms with van der Waals surface area (Å²) in [6.07, 6.45) is 6.85. The fourth-order valence-corrected chi connectivity index (χ4v) is 5.87. The third-order valence-electron chi connectivity index (χ3n) is 6.39. The van der Waals surface area contributed by atoms with E-state index in [1.54, 1.807) is 0 Å². The molecule has 5 fully saturated rings. The normalized spacial score (nSPS) is 45.7. The summed E-state index contributed by atoms with van der Waals surface area (Å²) in [6, 6.07) is 0. The molecule has 1 amide bonds. The molecule has 1 saturated heterocycles. The molecule has 0 aromatic carbocycles. The highest BCUT2D eigenvalue weighted by Crippen LogP contribution is 2.56. The van der Waals surface area contributed by atoms with Crippen molar-refractivity contribution in [3.05, 3.63) is 0 Å². The monoisotopic (exact) mass is 276 g/mol. The Kier molecular flexibility index (Phi) is 2.93. The summed E-state index contributed by atoms with van der Waals surface area (Å²) < 4.78 is 0. The Balaban J connectivity index is 1.51. The smallest absolute Gasteiger partial charge is 0.226 e. The first-order valence-electron chi connectivity index (χ1n) is 8.56. The Morgan fingerprint density at radius 3 is 2.20 bits per heavy atom. The Hall–Kier alpha value is -0.570. The van der Waals surface area contributed by atoms with Crippen molar-refractivity contribution in [2.24, 2.45) is 29.6 Å². The summed E-state index contributed by atoms with van der Waals surface area (Å²) in [5.74, 6) is 4.22. The molecule has 5 aliphatic rings. The van der Waals surface area contributed by atoms with Gasteiger partial charge >= 0.3 is 0 Å². The molecule has 3 nitrogen and oxygen atoms in total. The van der Waals surface area contributed by atoms with Gasteiger partial charge in [-0.05, 0) is 69.6 Å². The number of rotatable bonds is 1. The van der Waals surface area contributed by atoms with Gasteiger partial charge in [-0.2, -0.15) is 0 Å². The zero-order chi connectivity index (χ0) is 13.9. The third-order valence-corrected chi connectivity index (χ3v) is 6.39. The number of carbonyl (C=O) groups is 1. The highest BCUT2D eigenvalue weighted by Gasteiger charge is 2.51. The van der Waals surface area contributed by atoms with Gasteiger partial charge in [0.2, 0.25) is 5.91 Å². The number of piperazine rings is 1. The quantitative estimate of drug-likeness (QED) is 0.797. The SMILES string of the molecule is CC1(C)CN(C(=O)C2C3CC4CC(C3)CC2C4)CCN1. The minimum atomic E-state index is 0.0832. The highest BCUT2D eigenvalue weighted by atomic mass is 16.2. The molecular weight excluding hydrogens is 248 g/mol. The molecule has 0 spiro atoms. The van der Waals surface area contributed by atoms with Gasteiger partial charge in [-0.3, -0.25) is 4.79 Å². The van der Waals surface area contributed by atoms with Gasteiger partial charge in [-0.1, -0.05) is 0 Å². The van der Waals surface area contributed by atoms with E-state index in [0.29, 0.717) is 11.8 Å². The van der Waals surface area contributed by atoms with E-state index < -0.39 is 0 Å². The predicted molar refractivity (Wildman–Crippen MR) is 79.2 cm³/mol. The summed E-state index contributed by atoms with van der Waals surface area (Å²) in [5, 5.41) is 3.52. The van der Waals surface area contributed by atoms with Crippen molar-refractivity contribution < 1.29 is 4.79 Å². The van der Waals surface area contributed by atoms with E-state index in [2.05, 4.69) is 24.1 Å². The average Bonchev–Trinajstić information content (AvgIpc) is 2.36. The lowest BCUT2D eigenvalue weighted by molar-refractivity contribution is -0.151. The van der Waals surface area contributed by atoms with Gasteiger partial charge in [-0.25, -0.2) is 0 Å². The maximum absolute atomic E-state index is 13.1. The second-order valence-corrected chi connectivity index (χ2v) is 8.53. The number of amides is 1. The predicted octanol–water partition coefficient (Wildman–Crippen LogP) is 2.27. The molecular formula is C17H28N2O. The van der Waals surface area contributed by atoms with Crippen LogP contribution in [0.25, 0.3) is 0 Å². The molecule has 112 valence electrons. The molecule has 1 heterocycles. The first-order chi connectivity index (χ1) is 9.52. The van der Waals surface area contributed by atoms with Crippen LogP contribution < -0.4 is 5.32 Å². The van der Waals surface area contributed by atoms with Crippen molar-refractivity contribution in [2.45, 2.75) is 51.5 Å². The fourth-order valence-electron chi connectivity index (χ4n) is 5.87. The van der Waals surface area contributed by atoms with Crippen LogP contribution in [-0.2, 0) is 4.79 Å².